The first-order valence-electron chi connectivity index (χ1n) is 9.89. The van der Waals surface area contributed by atoms with Crippen LogP contribution in [0.5, 0.6) is 0 Å². The van der Waals surface area contributed by atoms with Crippen molar-refractivity contribution in [2.24, 2.45) is 10.8 Å². The first-order valence-corrected chi connectivity index (χ1v) is 10.7. The van der Waals surface area contributed by atoms with Gasteiger partial charge in [-0.05, 0) is 45.9 Å². The number of hydrogen-bond donors (Lipinski definition) is 0. The molecule has 0 unspecified atom stereocenters. The first-order chi connectivity index (χ1) is 12.6. The van der Waals surface area contributed by atoms with Gasteiger partial charge in [-0.25, -0.2) is 0 Å². The van der Waals surface area contributed by atoms with Crippen LogP contribution < -0.4 is 0 Å². The van der Waals surface area contributed by atoms with Crippen LogP contribution in [-0.4, -0.2) is 0 Å². The van der Waals surface area contributed by atoms with Crippen molar-refractivity contribution >= 4 is 11.3 Å². The zero-order valence-corrected chi connectivity index (χ0v) is 18.4. The fourth-order valence-electron chi connectivity index (χ4n) is 3.58. The van der Waals surface area contributed by atoms with Gasteiger partial charge in [0, 0.05) is 9.75 Å². The average molecular weight is 377 g/mol. The van der Waals surface area contributed by atoms with Gasteiger partial charge in [0.25, 0.3) is 0 Å². The van der Waals surface area contributed by atoms with Crippen molar-refractivity contribution in [2.75, 3.05) is 0 Å². The Morgan fingerprint density at radius 3 is 1.19 bits per heavy atom. The molecule has 0 nitrogen and oxygen atoms in total. The lowest BCUT2D eigenvalue weighted by atomic mass is 9.80. The number of benzene rings is 2. The summed E-state index contributed by atoms with van der Waals surface area (Å²) in [6, 6.07) is 21.9. The molecular formula is C26H32S. The molecule has 1 heterocycles. The van der Waals surface area contributed by atoms with Gasteiger partial charge in [0.1, 0.15) is 0 Å². The maximum absolute atomic E-state index is 2.35. The molecule has 0 aliphatic rings. The second-order valence-corrected chi connectivity index (χ2v) is 10.9. The molecule has 0 saturated carbocycles. The molecule has 3 aromatic rings. The van der Waals surface area contributed by atoms with Gasteiger partial charge >= 0.3 is 0 Å². The number of thiophene rings is 1. The molecule has 0 amide bonds. The minimum absolute atomic E-state index is 0.255. The highest BCUT2D eigenvalue weighted by molar-refractivity contribution is 7.19. The summed E-state index contributed by atoms with van der Waals surface area (Å²) in [5, 5.41) is 0. The van der Waals surface area contributed by atoms with Crippen LogP contribution in [0.2, 0.25) is 0 Å². The summed E-state index contributed by atoms with van der Waals surface area (Å²) in [7, 11) is 0. The molecule has 27 heavy (non-hydrogen) atoms. The summed E-state index contributed by atoms with van der Waals surface area (Å²) < 4.78 is 0. The molecule has 0 radical (unpaired) electrons. The van der Waals surface area contributed by atoms with Gasteiger partial charge in [-0.3, -0.25) is 0 Å². The van der Waals surface area contributed by atoms with Crippen LogP contribution >= 0.6 is 11.3 Å². The molecule has 0 spiro atoms. The SMILES string of the molecule is CC(C)(C)Cc1c(-c2ccccc2)sc(-c2ccccc2)c1CC(C)(C)C. The van der Waals surface area contributed by atoms with Crippen LogP contribution in [0.4, 0.5) is 0 Å². The highest BCUT2D eigenvalue weighted by atomic mass is 32.1. The molecule has 1 aromatic heterocycles. The largest absolute Gasteiger partial charge is 0.135 e. The third-order valence-corrected chi connectivity index (χ3v) is 5.98. The zero-order valence-electron chi connectivity index (χ0n) is 17.6. The highest BCUT2D eigenvalue weighted by Crippen LogP contribution is 2.46. The van der Waals surface area contributed by atoms with Gasteiger partial charge in [0.2, 0.25) is 0 Å². The fraction of sp³-hybridized carbons (Fsp3) is 0.385. The third kappa shape index (κ3) is 5.11. The molecule has 0 aliphatic heterocycles. The first kappa shape index (κ1) is 19.9. The lowest BCUT2D eigenvalue weighted by Crippen LogP contribution is -2.15. The summed E-state index contributed by atoms with van der Waals surface area (Å²) in [5.74, 6) is 0. The minimum atomic E-state index is 0.255. The molecule has 2 aromatic carbocycles. The van der Waals surface area contributed by atoms with E-state index in [9.17, 15) is 0 Å². The van der Waals surface area contributed by atoms with E-state index in [0.29, 0.717) is 0 Å². The average Bonchev–Trinajstić information content (AvgIpc) is 2.91. The Bertz CT molecular complexity index is 798. The Labute approximate surface area is 169 Å². The quantitative estimate of drug-likeness (QED) is 0.430. The van der Waals surface area contributed by atoms with Crippen molar-refractivity contribution < 1.29 is 0 Å². The molecule has 142 valence electrons. The summed E-state index contributed by atoms with van der Waals surface area (Å²) in [4.78, 5) is 2.90. The molecule has 3 rings (SSSR count). The van der Waals surface area contributed by atoms with Crippen molar-refractivity contribution in [1.29, 1.82) is 0 Å². The topological polar surface area (TPSA) is 0 Å². The maximum atomic E-state index is 2.35. The Kier molecular flexibility index (Phi) is 5.63. The van der Waals surface area contributed by atoms with Crippen molar-refractivity contribution in [3.63, 3.8) is 0 Å². The van der Waals surface area contributed by atoms with Gasteiger partial charge in [0.05, 0.1) is 0 Å². The highest BCUT2D eigenvalue weighted by Gasteiger charge is 2.26. The molecule has 0 bridgehead atoms. The summed E-state index contributed by atoms with van der Waals surface area (Å²) in [6.45, 7) is 14.1. The van der Waals surface area contributed by atoms with E-state index < -0.39 is 0 Å². The van der Waals surface area contributed by atoms with E-state index in [4.69, 9.17) is 0 Å². The van der Waals surface area contributed by atoms with Crippen LogP contribution in [0.15, 0.2) is 60.7 Å². The number of rotatable bonds is 4. The van der Waals surface area contributed by atoms with Gasteiger partial charge in [0.15, 0.2) is 0 Å². The molecule has 0 saturated heterocycles. The van der Waals surface area contributed by atoms with E-state index in [1.807, 2.05) is 11.3 Å². The number of hydrogen-bond acceptors (Lipinski definition) is 1. The third-order valence-electron chi connectivity index (χ3n) is 4.60. The Morgan fingerprint density at radius 1 is 0.556 bits per heavy atom. The molecule has 0 aliphatic carbocycles. The Balaban J connectivity index is 2.27. The Morgan fingerprint density at radius 2 is 0.889 bits per heavy atom. The van der Waals surface area contributed by atoms with Crippen LogP contribution in [0.3, 0.4) is 0 Å². The standard InChI is InChI=1S/C26H32S/c1-25(2,3)17-21-22(18-26(4,5)6)24(20-15-11-8-12-16-20)27-23(21)19-13-9-7-10-14-19/h7-16H,17-18H2,1-6H3. The lowest BCUT2D eigenvalue weighted by molar-refractivity contribution is 0.394. The van der Waals surface area contributed by atoms with Crippen LogP contribution in [-0.2, 0) is 12.8 Å². The van der Waals surface area contributed by atoms with E-state index in [1.54, 1.807) is 11.1 Å². The molecular weight excluding hydrogens is 344 g/mol. The monoisotopic (exact) mass is 376 g/mol. The van der Waals surface area contributed by atoms with E-state index in [2.05, 4.69) is 102 Å². The predicted molar refractivity (Wildman–Crippen MR) is 122 cm³/mol. The minimum Gasteiger partial charge on any atom is -0.135 e. The second-order valence-electron chi connectivity index (χ2n) is 9.92. The summed E-state index contributed by atoms with van der Waals surface area (Å²) in [6.07, 6.45) is 2.21. The van der Waals surface area contributed by atoms with E-state index >= 15 is 0 Å². The smallest absolute Gasteiger partial charge is 0.0384 e. The predicted octanol–water partition coefficient (Wildman–Crippen LogP) is 8.26. The van der Waals surface area contributed by atoms with E-state index in [0.717, 1.165) is 12.8 Å². The van der Waals surface area contributed by atoms with E-state index in [-0.39, 0.29) is 10.8 Å². The summed E-state index contributed by atoms with van der Waals surface area (Å²) in [5.41, 5.74) is 6.30. The van der Waals surface area contributed by atoms with Crippen LogP contribution in [0.25, 0.3) is 20.9 Å². The molecule has 1 heteroatoms. The van der Waals surface area contributed by atoms with Gasteiger partial charge in [-0.15, -0.1) is 11.3 Å². The van der Waals surface area contributed by atoms with Gasteiger partial charge < -0.3 is 0 Å². The van der Waals surface area contributed by atoms with Crippen molar-refractivity contribution in [2.45, 2.75) is 54.4 Å². The second kappa shape index (κ2) is 7.64. The fourth-order valence-corrected chi connectivity index (χ4v) is 4.93. The lowest BCUT2D eigenvalue weighted by Gasteiger charge is -2.24. The molecule has 0 atom stereocenters. The molecule has 0 fully saturated rings. The van der Waals surface area contributed by atoms with Crippen LogP contribution in [0.1, 0.15) is 52.7 Å². The summed E-state index contributed by atoms with van der Waals surface area (Å²) >= 11 is 1.97. The van der Waals surface area contributed by atoms with Crippen molar-refractivity contribution in [3.8, 4) is 20.9 Å². The Hall–Kier alpha value is -1.86. The van der Waals surface area contributed by atoms with Gasteiger partial charge in [-0.2, -0.15) is 0 Å². The van der Waals surface area contributed by atoms with Crippen molar-refractivity contribution in [3.05, 3.63) is 71.8 Å². The molecule has 0 N–H and O–H groups in total. The van der Waals surface area contributed by atoms with Crippen molar-refractivity contribution in [1.82, 2.24) is 0 Å². The van der Waals surface area contributed by atoms with Gasteiger partial charge in [-0.1, -0.05) is 102 Å². The van der Waals surface area contributed by atoms with Crippen LogP contribution in [0, 0.1) is 10.8 Å². The van der Waals surface area contributed by atoms with E-state index in [1.165, 1.54) is 20.9 Å². The zero-order chi connectivity index (χ0) is 19.7. The normalized spacial score (nSPS) is 12.4. The maximum Gasteiger partial charge on any atom is 0.0384 e.